The van der Waals surface area contributed by atoms with E-state index in [1.807, 2.05) is 36.1 Å². The van der Waals surface area contributed by atoms with Gasteiger partial charge in [-0.2, -0.15) is 5.10 Å². The van der Waals surface area contributed by atoms with E-state index in [-0.39, 0.29) is 11.8 Å². The molecule has 1 fully saturated rings. The van der Waals surface area contributed by atoms with Crippen molar-refractivity contribution < 1.29 is 14.3 Å². The summed E-state index contributed by atoms with van der Waals surface area (Å²) in [5.41, 5.74) is 4.43. The molecule has 2 amide bonds. The van der Waals surface area contributed by atoms with Gasteiger partial charge in [0.15, 0.2) is 5.69 Å². The first kappa shape index (κ1) is 17.7. The van der Waals surface area contributed by atoms with E-state index in [4.69, 9.17) is 4.74 Å². The Bertz CT molecular complexity index is 855. The van der Waals surface area contributed by atoms with Gasteiger partial charge in [0.05, 0.1) is 19.6 Å². The van der Waals surface area contributed by atoms with Crippen LogP contribution in [0, 0.1) is 6.92 Å². The molecule has 7 nitrogen and oxygen atoms in total. The summed E-state index contributed by atoms with van der Waals surface area (Å²) in [6.45, 7) is 5.37. The monoisotopic (exact) mass is 368 g/mol. The number of carbonyl (C=O) groups is 2. The molecular weight excluding hydrogens is 344 g/mol. The van der Waals surface area contributed by atoms with E-state index in [2.05, 4.69) is 10.2 Å². The van der Waals surface area contributed by atoms with Gasteiger partial charge >= 0.3 is 0 Å². The Labute approximate surface area is 158 Å². The fourth-order valence-corrected chi connectivity index (χ4v) is 3.68. The highest BCUT2D eigenvalue weighted by Gasteiger charge is 2.30. The minimum Gasteiger partial charge on any atom is -0.378 e. The summed E-state index contributed by atoms with van der Waals surface area (Å²) in [6, 6.07) is 7.95. The number of fused-ring (bicyclic) bond motifs is 1. The normalized spacial score (nSPS) is 16.9. The lowest BCUT2D eigenvalue weighted by molar-refractivity contribution is -0.131. The van der Waals surface area contributed by atoms with Crippen molar-refractivity contribution in [3.8, 4) is 0 Å². The topological polar surface area (TPSA) is 78.5 Å². The smallest absolute Gasteiger partial charge is 0.274 e. The summed E-state index contributed by atoms with van der Waals surface area (Å²) in [7, 11) is 0. The number of aryl methyl sites for hydroxylation is 1. The average Bonchev–Trinajstić information content (AvgIpc) is 3.13. The molecule has 4 rings (SSSR count). The number of H-pyrrole nitrogens is 1. The van der Waals surface area contributed by atoms with E-state index >= 15 is 0 Å². The van der Waals surface area contributed by atoms with Gasteiger partial charge in [0.2, 0.25) is 5.91 Å². The molecule has 2 aromatic rings. The van der Waals surface area contributed by atoms with Crippen molar-refractivity contribution in [3.05, 3.63) is 52.3 Å². The van der Waals surface area contributed by atoms with E-state index in [1.54, 1.807) is 4.90 Å². The molecule has 0 radical (unpaired) electrons. The number of aromatic nitrogens is 2. The van der Waals surface area contributed by atoms with Crippen LogP contribution in [0.3, 0.4) is 0 Å². The third kappa shape index (κ3) is 3.60. The quantitative estimate of drug-likeness (QED) is 0.886. The predicted molar refractivity (Wildman–Crippen MR) is 99.3 cm³/mol. The number of morpholine rings is 1. The summed E-state index contributed by atoms with van der Waals surface area (Å²) in [4.78, 5) is 29.3. The molecule has 7 heteroatoms. The number of amides is 2. The van der Waals surface area contributed by atoms with Crippen LogP contribution in [0.2, 0.25) is 0 Å². The van der Waals surface area contributed by atoms with Gasteiger partial charge in [-0.3, -0.25) is 14.7 Å². The molecule has 0 saturated carbocycles. The molecule has 1 saturated heterocycles. The number of hydrogen-bond acceptors (Lipinski definition) is 4. The average molecular weight is 368 g/mol. The molecule has 1 aromatic heterocycles. The van der Waals surface area contributed by atoms with Gasteiger partial charge < -0.3 is 14.5 Å². The fraction of sp³-hybridized carbons (Fsp3) is 0.450. The minimum absolute atomic E-state index is 0.0796. The largest absolute Gasteiger partial charge is 0.378 e. The van der Waals surface area contributed by atoms with Crippen molar-refractivity contribution in [3.63, 3.8) is 0 Å². The first-order valence-electron chi connectivity index (χ1n) is 9.39. The van der Waals surface area contributed by atoms with Crippen molar-refractivity contribution in [1.82, 2.24) is 20.0 Å². The van der Waals surface area contributed by atoms with E-state index in [0.29, 0.717) is 57.9 Å². The van der Waals surface area contributed by atoms with Crippen LogP contribution in [0.25, 0.3) is 0 Å². The standard InChI is InChI=1S/C20H24N4O3/c1-14-4-2-3-5-15(14)12-18(25)24-7-6-17-16(13-24)19(22-21-17)20(26)23-8-10-27-11-9-23/h2-5H,6-13H2,1H3,(H,21,22). The molecule has 142 valence electrons. The maximum Gasteiger partial charge on any atom is 0.274 e. The maximum absolute atomic E-state index is 12.8. The number of benzene rings is 1. The molecule has 0 unspecified atom stereocenters. The van der Waals surface area contributed by atoms with E-state index in [0.717, 1.165) is 22.4 Å². The summed E-state index contributed by atoms with van der Waals surface area (Å²) in [6.07, 6.45) is 1.07. The van der Waals surface area contributed by atoms with Gasteiger partial charge in [0, 0.05) is 43.9 Å². The van der Waals surface area contributed by atoms with Gasteiger partial charge in [0.1, 0.15) is 0 Å². The second-order valence-corrected chi connectivity index (χ2v) is 7.10. The zero-order valence-corrected chi connectivity index (χ0v) is 15.5. The first-order valence-corrected chi connectivity index (χ1v) is 9.39. The SMILES string of the molecule is Cc1ccccc1CC(=O)N1CCc2[nH]nc(C(=O)N3CCOCC3)c2C1. The Kier molecular flexibility index (Phi) is 4.94. The fourth-order valence-electron chi connectivity index (χ4n) is 3.68. The molecule has 0 aliphatic carbocycles. The third-order valence-electron chi connectivity index (χ3n) is 5.39. The number of rotatable bonds is 3. The number of nitrogens with one attached hydrogen (secondary N) is 1. The van der Waals surface area contributed by atoms with Crippen LogP contribution in [0.15, 0.2) is 24.3 Å². The summed E-state index contributed by atoms with van der Waals surface area (Å²) in [5, 5.41) is 7.27. The number of aromatic amines is 1. The van der Waals surface area contributed by atoms with Gasteiger partial charge in [0.25, 0.3) is 5.91 Å². The lowest BCUT2D eigenvalue weighted by Gasteiger charge is -2.29. The van der Waals surface area contributed by atoms with Crippen molar-refractivity contribution >= 4 is 11.8 Å². The van der Waals surface area contributed by atoms with Crippen LogP contribution in [-0.4, -0.2) is 64.7 Å². The van der Waals surface area contributed by atoms with Crippen LogP contribution in [0.4, 0.5) is 0 Å². The molecule has 3 heterocycles. The predicted octanol–water partition coefficient (Wildman–Crippen LogP) is 1.32. The lowest BCUT2D eigenvalue weighted by Crippen LogP contribution is -2.42. The van der Waals surface area contributed by atoms with Crippen molar-refractivity contribution in [1.29, 1.82) is 0 Å². The summed E-state index contributed by atoms with van der Waals surface area (Å²) >= 11 is 0. The lowest BCUT2D eigenvalue weighted by atomic mass is 10.0. The van der Waals surface area contributed by atoms with Crippen LogP contribution in [-0.2, 0) is 28.9 Å². The van der Waals surface area contributed by atoms with E-state index < -0.39 is 0 Å². The summed E-state index contributed by atoms with van der Waals surface area (Å²) in [5.74, 6) is 0.00456. The second kappa shape index (κ2) is 7.52. The van der Waals surface area contributed by atoms with Crippen LogP contribution >= 0.6 is 0 Å². The number of ether oxygens (including phenoxy) is 1. The van der Waals surface area contributed by atoms with Crippen molar-refractivity contribution in [2.24, 2.45) is 0 Å². The maximum atomic E-state index is 12.8. The first-order chi connectivity index (χ1) is 13.1. The van der Waals surface area contributed by atoms with Gasteiger partial charge in [-0.1, -0.05) is 24.3 Å². The Balaban J connectivity index is 1.49. The Morgan fingerprint density at radius 2 is 1.93 bits per heavy atom. The molecule has 1 N–H and O–H groups in total. The van der Waals surface area contributed by atoms with Gasteiger partial charge in [-0.15, -0.1) is 0 Å². The minimum atomic E-state index is -0.0796. The molecule has 0 spiro atoms. The van der Waals surface area contributed by atoms with Gasteiger partial charge in [-0.25, -0.2) is 0 Å². The molecule has 1 aromatic carbocycles. The molecule has 0 bridgehead atoms. The van der Waals surface area contributed by atoms with Crippen molar-refractivity contribution in [2.45, 2.75) is 26.3 Å². The Hall–Kier alpha value is -2.67. The molecule has 0 atom stereocenters. The second-order valence-electron chi connectivity index (χ2n) is 7.10. The van der Waals surface area contributed by atoms with Crippen LogP contribution in [0.5, 0.6) is 0 Å². The van der Waals surface area contributed by atoms with Gasteiger partial charge in [-0.05, 0) is 18.1 Å². The number of nitrogens with zero attached hydrogens (tertiary/aromatic N) is 3. The highest BCUT2D eigenvalue weighted by molar-refractivity contribution is 5.94. The number of carbonyl (C=O) groups excluding carboxylic acids is 2. The molecular formula is C20H24N4O3. The summed E-state index contributed by atoms with van der Waals surface area (Å²) < 4.78 is 5.32. The molecule has 27 heavy (non-hydrogen) atoms. The highest BCUT2D eigenvalue weighted by Crippen LogP contribution is 2.23. The zero-order valence-electron chi connectivity index (χ0n) is 15.5. The number of hydrogen-bond donors (Lipinski definition) is 1. The van der Waals surface area contributed by atoms with E-state index in [9.17, 15) is 9.59 Å². The van der Waals surface area contributed by atoms with Crippen LogP contribution < -0.4 is 0 Å². The zero-order chi connectivity index (χ0) is 18.8. The highest BCUT2D eigenvalue weighted by atomic mass is 16.5. The molecule has 2 aliphatic rings. The van der Waals surface area contributed by atoms with Crippen molar-refractivity contribution in [2.75, 3.05) is 32.8 Å². The Morgan fingerprint density at radius 1 is 1.15 bits per heavy atom. The third-order valence-corrected chi connectivity index (χ3v) is 5.39. The molecule has 2 aliphatic heterocycles. The van der Waals surface area contributed by atoms with E-state index in [1.165, 1.54) is 0 Å². The van der Waals surface area contributed by atoms with Crippen LogP contribution in [0.1, 0.15) is 32.9 Å². The Morgan fingerprint density at radius 3 is 2.70 bits per heavy atom.